The van der Waals surface area contributed by atoms with E-state index < -0.39 is 5.69 Å². The standard InChI is InChI=1S/C11H9BrN2O3/c12-9-5-13-11(17)14(10(9)16)6-7-1-3-8(15)4-2-7/h1-5,15H,6H2,(H,13,17). The molecule has 0 spiro atoms. The van der Waals surface area contributed by atoms with Gasteiger partial charge in [-0.1, -0.05) is 12.1 Å². The lowest BCUT2D eigenvalue weighted by atomic mass is 10.2. The highest BCUT2D eigenvalue weighted by atomic mass is 79.9. The summed E-state index contributed by atoms with van der Waals surface area (Å²) in [7, 11) is 0. The fraction of sp³-hybridized carbons (Fsp3) is 0.0909. The molecular formula is C11H9BrN2O3. The Labute approximate surface area is 104 Å². The summed E-state index contributed by atoms with van der Waals surface area (Å²) >= 11 is 3.06. The number of phenolic OH excluding ortho intramolecular Hbond substituents is 1. The van der Waals surface area contributed by atoms with Gasteiger partial charge in [-0.15, -0.1) is 0 Å². The van der Waals surface area contributed by atoms with Gasteiger partial charge in [0, 0.05) is 6.20 Å². The van der Waals surface area contributed by atoms with E-state index in [0.717, 1.165) is 10.1 Å². The Kier molecular flexibility index (Phi) is 3.14. The number of aromatic nitrogens is 2. The summed E-state index contributed by atoms with van der Waals surface area (Å²) in [6, 6.07) is 6.32. The van der Waals surface area contributed by atoms with Crippen LogP contribution in [0.5, 0.6) is 5.75 Å². The number of hydrogen-bond acceptors (Lipinski definition) is 3. The van der Waals surface area contributed by atoms with E-state index in [0.29, 0.717) is 4.47 Å². The second-order valence-corrected chi connectivity index (χ2v) is 4.35. The second kappa shape index (κ2) is 4.58. The van der Waals surface area contributed by atoms with Crippen molar-refractivity contribution in [1.29, 1.82) is 0 Å². The van der Waals surface area contributed by atoms with Gasteiger partial charge < -0.3 is 10.1 Å². The van der Waals surface area contributed by atoms with Crippen LogP contribution in [0.15, 0.2) is 44.5 Å². The highest BCUT2D eigenvalue weighted by Crippen LogP contribution is 2.09. The number of aromatic hydroxyl groups is 1. The first-order valence-electron chi connectivity index (χ1n) is 4.84. The summed E-state index contributed by atoms with van der Waals surface area (Å²) < 4.78 is 1.38. The minimum absolute atomic E-state index is 0.143. The molecule has 2 aromatic rings. The number of nitrogens with zero attached hydrogens (tertiary/aromatic N) is 1. The minimum atomic E-state index is -0.466. The van der Waals surface area contributed by atoms with Gasteiger partial charge in [0.15, 0.2) is 0 Å². The van der Waals surface area contributed by atoms with E-state index in [1.54, 1.807) is 12.1 Å². The van der Waals surface area contributed by atoms with Crippen LogP contribution in [-0.2, 0) is 6.54 Å². The van der Waals surface area contributed by atoms with Crippen molar-refractivity contribution in [3.63, 3.8) is 0 Å². The van der Waals surface area contributed by atoms with Crippen molar-refractivity contribution in [2.45, 2.75) is 6.54 Å². The van der Waals surface area contributed by atoms with Crippen LogP contribution in [0.3, 0.4) is 0 Å². The van der Waals surface area contributed by atoms with Gasteiger partial charge >= 0.3 is 5.69 Å². The molecule has 0 radical (unpaired) electrons. The Morgan fingerprint density at radius 1 is 1.24 bits per heavy atom. The number of benzene rings is 1. The number of nitrogens with one attached hydrogen (secondary N) is 1. The summed E-state index contributed by atoms with van der Waals surface area (Å²) in [6.45, 7) is 0.161. The Bertz CT molecular complexity index is 643. The van der Waals surface area contributed by atoms with E-state index in [-0.39, 0.29) is 17.9 Å². The third kappa shape index (κ3) is 2.47. The van der Waals surface area contributed by atoms with Crippen LogP contribution in [0, 0.1) is 0 Å². The number of phenols is 1. The Morgan fingerprint density at radius 3 is 2.53 bits per heavy atom. The maximum atomic E-state index is 11.7. The van der Waals surface area contributed by atoms with Crippen molar-refractivity contribution < 1.29 is 5.11 Å². The van der Waals surface area contributed by atoms with Crippen LogP contribution in [-0.4, -0.2) is 14.7 Å². The maximum absolute atomic E-state index is 11.7. The van der Waals surface area contributed by atoms with Gasteiger partial charge in [0.2, 0.25) is 0 Å². The zero-order chi connectivity index (χ0) is 12.4. The molecule has 5 nitrogen and oxygen atoms in total. The van der Waals surface area contributed by atoms with Crippen LogP contribution < -0.4 is 11.2 Å². The van der Waals surface area contributed by atoms with E-state index >= 15 is 0 Å². The summed E-state index contributed by atoms with van der Waals surface area (Å²) in [4.78, 5) is 25.7. The molecule has 0 aliphatic carbocycles. The monoisotopic (exact) mass is 296 g/mol. The van der Waals surface area contributed by atoms with Crippen molar-refractivity contribution in [2.75, 3.05) is 0 Å². The van der Waals surface area contributed by atoms with E-state index in [1.165, 1.54) is 18.3 Å². The first-order chi connectivity index (χ1) is 8.08. The molecule has 0 atom stereocenters. The second-order valence-electron chi connectivity index (χ2n) is 3.50. The van der Waals surface area contributed by atoms with E-state index in [4.69, 9.17) is 5.11 Å². The average Bonchev–Trinajstić information content (AvgIpc) is 2.32. The smallest absolute Gasteiger partial charge is 0.328 e. The largest absolute Gasteiger partial charge is 0.508 e. The summed E-state index contributed by atoms with van der Waals surface area (Å²) in [6.07, 6.45) is 1.32. The van der Waals surface area contributed by atoms with Crippen LogP contribution >= 0.6 is 15.9 Å². The normalized spacial score (nSPS) is 10.4. The predicted octanol–water partition coefficient (Wildman–Crippen LogP) is 1.05. The third-order valence-corrected chi connectivity index (χ3v) is 2.86. The molecule has 0 bridgehead atoms. The highest BCUT2D eigenvalue weighted by Gasteiger charge is 2.05. The van der Waals surface area contributed by atoms with Crippen LogP contribution in [0.2, 0.25) is 0 Å². The average molecular weight is 297 g/mol. The molecule has 0 saturated heterocycles. The Morgan fingerprint density at radius 2 is 1.88 bits per heavy atom. The van der Waals surface area contributed by atoms with E-state index in [1.807, 2.05) is 0 Å². The SMILES string of the molecule is O=c1[nH]cc(Br)c(=O)n1Cc1ccc(O)cc1. The molecule has 17 heavy (non-hydrogen) atoms. The molecule has 1 aromatic heterocycles. The number of aromatic amines is 1. The van der Waals surface area contributed by atoms with Crippen molar-refractivity contribution in [3.05, 3.63) is 61.3 Å². The number of H-pyrrole nitrogens is 1. The van der Waals surface area contributed by atoms with Crippen molar-refractivity contribution >= 4 is 15.9 Å². The zero-order valence-corrected chi connectivity index (χ0v) is 10.3. The molecule has 0 saturated carbocycles. The topological polar surface area (TPSA) is 75.1 Å². The lowest BCUT2D eigenvalue weighted by Gasteiger charge is -2.04. The molecule has 2 N–H and O–H groups in total. The van der Waals surface area contributed by atoms with Crippen molar-refractivity contribution in [3.8, 4) is 5.75 Å². The molecule has 0 aliphatic heterocycles. The highest BCUT2D eigenvalue weighted by molar-refractivity contribution is 9.10. The predicted molar refractivity (Wildman–Crippen MR) is 66.2 cm³/mol. The molecule has 6 heteroatoms. The van der Waals surface area contributed by atoms with Gasteiger partial charge in [-0.2, -0.15) is 0 Å². The lowest BCUT2D eigenvalue weighted by molar-refractivity contribution is 0.475. The van der Waals surface area contributed by atoms with Gasteiger partial charge in [0.1, 0.15) is 5.75 Å². The molecule has 1 aromatic carbocycles. The Hall–Kier alpha value is -1.82. The number of rotatable bonds is 2. The van der Waals surface area contributed by atoms with E-state index in [9.17, 15) is 9.59 Å². The Balaban J connectivity index is 2.43. The number of halogens is 1. The third-order valence-electron chi connectivity index (χ3n) is 2.29. The summed E-state index contributed by atoms with van der Waals surface area (Å²) in [5.74, 6) is 0.143. The van der Waals surface area contributed by atoms with Crippen LogP contribution in [0.1, 0.15) is 5.56 Å². The van der Waals surface area contributed by atoms with Gasteiger partial charge in [-0.25, -0.2) is 4.79 Å². The van der Waals surface area contributed by atoms with Gasteiger partial charge in [0.25, 0.3) is 5.56 Å². The van der Waals surface area contributed by atoms with Crippen molar-refractivity contribution in [1.82, 2.24) is 9.55 Å². The van der Waals surface area contributed by atoms with Crippen LogP contribution in [0.4, 0.5) is 0 Å². The fourth-order valence-corrected chi connectivity index (χ4v) is 1.74. The fourth-order valence-electron chi connectivity index (χ4n) is 1.41. The summed E-state index contributed by atoms with van der Waals surface area (Å²) in [5.41, 5.74) is -0.0957. The molecular weight excluding hydrogens is 288 g/mol. The first kappa shape index (κ1) is 11.7. The zero-order valence-electron chi connectivity index (χ0n) is 8.68. The quantitative estimate of drug-likeness (QED) is 0.870. The molecule has 1 heterocycles. The molecule has 2 rings (SSSR count). The number of hydrogen-bond donors (Lipinski definition) is 2. The van der Waals surface area contributed by atoms with Gasteiger partial charge in [-0.05, 0) is 33.6 Å². The summed E-state index contributed by atoms with van der Waals surface area (Å²) in [5, 5.41) is 9.13. The molecule has 0 fully saturated rings. The minimum Gasteiger partial charge on any atom is -0.508 e. The molecule has 0 amide bonds. The maximum Gasteiger partial charge on any atom is 0.328 e. The van der Waals surface area contributed by atoms with Crippen LogP contribution in [0.25, 0.3) is 0 Å². The van der Waals surface area contributed by atoms with Crippen molar-refractivity contribution in [2.24, 2.45) is 0 Å². The van der Waals surface area contributed by atoms with Gasteiger partial charge in [0.05, 0.1) is 11.0 Å². The molecule has 88 valence electrons. The lowest BCUT2D eigenvalue weighted by Crippen LogP contribution is -2.35. The van der Waals surface area contributed by atoms with E-state index in [2.05, 4.69) is 20.9 Å². The van der Waals surface area contributed by atoms with Gasteiger partial charge in [-0.3, -0.25) is 9.36 Å². The molecule has 0 unspecified atom stereocenters. The molecule has 0 aliphatic rings. The first-order valence-corrected chi connectivity index (χ1v) is 5.63.